The van der Waals surface area contributed by atoms with Crippen LogP contribution in [-0.2, 0) is 6.42 Å². The van der Waals surface area contributed by atoms with E-state index < -0.39 is 0 Å². The number of piperidine rings is 1. The number of anilines is 2. The van der Waals surface area contributed by atoms with E-state index in [-0.39, 0.29) is 30.3 Å². The summed E-state index contributed by atoms with van der Waals surface area (Å²) in [5, 5.41) is 9.89. The number of hydrogen-bond donors (Lipinski definition) is 2. The average molecular weight is 472 g/mol. The van der Waals surface area contributed by atoms with Crippen molar-refractivity contribution in [3.8, 4) is 0 Å². The van der Waals surface area contributed by atoms with Crippen molar-refractivity contribution < 1.29 is 9.90 Å². The predicted molar refractivity (Wildman–Crippen MR) is 131 cm³/mol. The van der Waals surface area contributed by atoms with Crippen LogP contribution in [0.4, 0.5) is 11.5 Å². The Morgan fingerprint density at radius 1 is 1.09 bits per heavy atom. The van der Waals surface area contributed by atoms with Gasteiger partial charge in [0.25, 0.3) is 5.91 Å². The van der Waals surface area contributed by atoms with Gasteiger partial charge in [-0.25, -0.2) is 19.7 Å². The smallest absolute Gasteiger partial charge is 0.327 e. The summed E-state index contributed by atoms with van der Waals surface area (Å²) in [4.78, 5) is 45.5. The zero-order valence-electron chi connectivity index (χ0n) is 19.0. The number of fused-ring (bicyclic) bond motifs is 2. The molecule has 178 valence electrons. The standard InChI is InChI=1S/C25H25N7O3/c33-14-18-12-16-4-1-2-5-20(16)31(18)24(34)19-13-22(28-15-27-19)30-10-7-17(8-11-30)32-21-6-3-9-26-23(21)29-25(32)35/h1-6,9,13,15,17-18,33H,7-8,10-12,14H2,(H,26,29,35). The molecule has 0 radical (unpaired) electrons. The number of nitrogens with one attached hydrogen (secondary N) is 1. The van der Waals surface area contributed by atoms with Gasteiger partial charge in [0, 0.05) is 37.1 Å². The SMILES string of the molecule is O=C(c1cc(N2CCC(n3c(=O)[nH]c4ncccc43)CC2)ncn1)N1c2ccccc2CC1CO. The van der Waals surface area contributed by atoms with Crippen molar-refractivity contribution in [2.45, 2.75) is 31.3 Å². The predicted octanol–water partition coefficient (Wildman–Crippen LogP) is 1.92. The molecule has 1 saturated heterocycles. The highest BCUT2D eigenvalue weighted by molar-refractivity contribution is 6.07. The summed E-state index contributed by atoms with van der Waals surface area (Å²) in [5.74, 6) is 0.438. The van der Waals surface area contributed by atoms with E-state index in [1.807, 2.05) is 36.4 Å². The fourth-order valence-electron chi connectivity index (χ4n) is 5.32. The highest BCUT2D eigenvalue weighted by Gasteiger charge is 2.34. The summed E-state index contributed by atoms with van der Waals surface area (Å²) >= 11 is 0. The molecule has 4 aromatic rings. The lowest BCUT2D eigenvalue weighted by Gasteiger charge is -2.33. The highest BCUT2D eigenvalue weighted by atomic mass is 16.3. The van der Waals surface area contributed by atoms with E-state index in [0.29, 0.717) is 36.7 Å². The number of rotatable bonds is 4. The third kappa shape index (κ3) is 3.66. The maximum absolute atomic E-state index is 13.4. The van der Waals surface area contributed by atoms with E-state index in [1.54, 1.807) is 21.7 Å². The minimum atomic E-state index is -0.307. The Morgan fingerprint density at radius 3 is 2.74 bits per heavy atom. The number of benzene rings is 1. The number of amides is 1. The second-order valence-electron chi connectivity index (χ2n) is 9.00. The second kappa shape index (κ2) is 8.62. The maximum atomic E-state index is 13.4. The molecule has 6 rings (SSSR count). The number of aliphatic hydroxyl groups excluding tert-OH is 1. The molecule has 0 saturated carbocycles. The van der Waals surface area contributed by atoms with Crippen LogP contribution in [0.15, 0.2) is 59.8 Å². The van der Waals surface area contributed by atoms with Gasteiger partial charge in [0.2, 0.25) is 0 Å². The number of hydrogen-bond acceptors (Lipinski definition) is 7. The molecule has 1 unspecified atom stereocenters. The number of pyridine rings is 1. The number of aliphatic hydroxyl groups is 1. The molecule has 1 atom stereocenters. The van der Waals surface area contributed by atoms with E-state index >= 15 is 0 Å². The molecule has 1 amide bonds. The Hall–Kier alpha value is -4.05. The van der Waals surface area contributed by atoms with Crippen LogP contribution in [0, 0.1) is 0 Å². The number of H-pyrrole nitrogens is 1. The van der Waals surface area contributed by atoms with Crippen LogP contribution in [0.5, 0.6) is 0 Å². The molecule has 3 aromatic heterocycles. The van der Waals surface area contributed by atoms with Gasteiger partial charge < -0.3 is 14.9 Å². The van der Waals surface area contributed by atoms with E-state index in [0.717, 1.165) is 29.6 Å². The van der Waals surface area contributed by atoms with Gasteiger partial charge in [-0.1, -0.05) is 18.2 Å². The van der Waals surface area contributed by atoms with Crippen molar-refractivity contribution in [2.75, 3.05) is 29.5 Å². The molecule has 10 nitrogen and oxygen atoms in total. The van der Waals surface area contributed by atoms with Crippen LogP contribution >= 0.6 is 0 Å². The van der Waals surface area contributed by atoms with Crippen LogP contribution in [-0.4, -0.2) is 61.3 Å². The molecule has 2 aliphatic heterocycles. The number of nitrogens with zero attached hydrogens (tertiary/aromatic N) is 6. The third-order valence-electron chi connectivity index (χ3n) is 7.02. The number of para-hydroxylation sites is 1. The van der Waals surface area contributed by atoms with Crippen molar-refractivity contribution in [1.29, 1.82) is 0 Å². The van der Waals surface area contributed by atoms with Gasteiger partial charge in [-0.15, -0.1) is 0 Å². The van der Waals surface area contributed by atoms with Crippen LogP contribution < -0.4 is 15.5 Å². The summed E-state index contributed by atoms with van der Waals surface area (Å²) in [6.45, 7) is 1.27. The Balaban J connectivity index is 1.21. The average Bonchev–Trinajstić information content (AvgIpc) is 3.45. The Morgan fingerprint density at radius 2 is 1.91 bits per heavy atom. The molecule has 2 aliphatic rings. The molecular weight excluding hydrogens is 446 g/mol. The second-order valence-corrected chi connectivity index (χ2v) is 9.00. The maximum Gasteiger partial charge on any atom is 0.327 e. The largest absolute Gasteiger partial charge is 0.394 e. The zero-order chi connectivity index (χ0) is 23.9. The summed E-state index contributed by atoms with van der Waals surface area (Å²) in [7, 11) is 0. The summed E-state index contributed by atoms with van der Waals surface area (Å²) < 4.78 is 1.80. The Bertz CT molecular complexity index is 1450. The lowest BCUT2D eigenvalue weighted by atomic mass is 10.0. The van der Waals surface area contributed by atoms with Crippen LogP contribution in [0.2, 0.25) is 0 Å². The van der Waals surface area contributed by atoms with Gasteiger partial charge in [0.1, 0.15) is 17.8 Å². The highest BCUT2D eigenvalue weighted by Crippen LogP contribution is 2.33. The third-order valence-corrected chi connectivity index (χ3v) is 7.02. The molecule has 5 heterocycles. The number of carbonyl (C=O) groups excluding carboxylic acids is 1. The van der Waals surface area contributed by atoms with Gasteiger partial charge in [0.15, 0.2) is 5.65 Å². The summed E-state index contributed by atoms with van der Waals surface area (Å²) in [5.41, 5.74) is 3.43. The summed E-state index contributed by atoms with van der Waals surface area (Å²) in [6, 6.07) is 12.9. The van der Waals surface area contributed by atoms with Crippen molar-refractivity contribution in [2.24, 2.45) is 0 Å². The van der Waals surface area contributed by atoms with Gasteiger partial charge in [-0.2, -0.15) is 0 Å². The topological polar surface area (TPSA) is 120 Å². The van der Waals surface area contributed by atoms with Crippen LogP contribution in [0.25, 0.3) is 11.2 Å². The first-order chi connectivity index (χ1) is 17.1. The first-order valence-corrected chi connectivity index (χ1v) is 11.8. The zero-order valence-corrected chi connectivity index (χ0v) is 19.0. The Labute approximate surface area is 200 Å². The minimum Gasteiger partial charge on any atom is -0.394 e. The normalized spacial score (nSPS) is 18.3. The first-order valence-electron chi connectivity index (χ1n) is 11.8. The van der Waals surface area contributed by atoms with Gasteiger partial charge >= 0.3 is 5.69 Å². The fraction of sp³-hybridized carbons (Fsp3) is 0.320. The molecule has 1 aromatic carbocycles. The molecule has 35 heavy (non-hydrogen) atoms. The number of aromatic nitrogens is 5. The van der Waals surface area contributed by atoms with Crippen LogP contribution in [0.3, 0.4) is 0 Å². The number of aromatic amines is 1. The number of imidazole rings is 1. The minimum absolute atomic E-state index is 0.0612. The Kier molecular flexibility index (Phi) is 5.29. The van der Waals surface area contributed by atoms with E-state index in [4.69, 9.17) is 0 Å². The first kappa shape index (κ1) is 21.5. The molecule has 0 bridgehead atoms. The van der Waals surface area contributed by atoms with Gasteiger partial charge in [-0.3, -0.25) is 14.3 Å². The lowest BCUT2D eigenvalue weighted by Crippen LogP contribution is -2.41. The molecular formula is C25H25N7O3. The van der Waals surface area contributed by atoms with Gasteiger partial charge in [0.05, 0.1) is 18.2 Å². The summed E-state index contributed by atoms with van der Waals surface area (Å²) in [6.07, 6.45) is 5.23. The van der Waals surface area contributed by atoms with Crippen molar-refractivity contribution in [3.63, 3.8) is 0 Å². The van der Waals surface area contributed by atoms with Crippen molar-refractivity contribution >= 4 is 28.6 Å². The van der Waals surface area contributed by atoms with E-state index in [2.05, 4.69) is 24.8 Å². The number of carbonyl (C=O) groups is 1. The fourth-order valence-corrected chi connectivity index (χ4v) is 5.32. The molecule has 1 fully saturated rings. The molecule has 0 spiro atoms. The lowest BCUT2D eigenvalue weighted by molar-refractivity contribution is 0.0963. The van der Waals surface area contributed by atoms with E-state index in [1.165, 1.54) is 6.33 Å². The quantitative estimate of drug-likeness (QED) is 0.467. The molecule has 2 N–H and O–H groups in total. The van der Waals surface area contributed by atoms with Crippen LogP contribution in [0.1, 0.15) is 34.9 Å². The molecule has 10 heteroatoms. The van der Waals surface area contributed by atoms with Gasteiger partial charge in [-0.05, 0) is 43.0 Å². The van der Waals surface area contributed by atoms with Crippen molar-refractivity contribution in [1.82, 2.24) is 24.5 Å². The monoisotopic (exact) mass is 471 g/mol. The van der Waals surface area contributed by atoms with E-state index in [9.17, 15) is 14.7 Å². The van der Waals surface area contributed by atoms with Crippen molar-refractivity contribution in [3.05, 3.63) is 76.7 Å². The molecule has 0 aliphatic carbocycles.